The molecule has 2 unspecified atom stereocenters. The van der Waals surface area contributed by atoms with Gasteiger partial charge in [-0.05, 0) is 49.4 Å². The molecule has 1 aromatic rings. The van der Waals surface area contributed by atoms with Gasteiger partial charge in [-0.1, -0.05) is 6.07 Å². The number of hydrogen-bond donors (Lipinski definition) is 2. The van der Waals surface area contributed by atoms with Gasteiger partial charge in [-0.3, -0.25) is 4.79 Å². The molecule has 0 aromatic heterocycles. The molecule has 2 atom stereocenters. The molecule has 5 heteroatoms. The van der Waals surface area contributed by atoms with Crippen LogP contribution in [0.4, 0.5) is 0 Å². The molecule has 1 saturated carbocycles. The van der Waals surface area contributed by atoms with Crippen molar-refractivity contribution in [2.24, 2.45) is 11.7 Å². The highest BCUT2D eigenvalue weighted by Gasteiger charge is 2.44. The molecule has 0 spiro atoms. The van der Waals surface area contributed by atoms with E-state index in [0.29, 0.717) is 25.7 Å². The number of carbonyl (C=O) groups is 1. The van der Waals surface area contributed by atoms with Crippen molar-refractivity contribution < 1.29 is 14.3 Å². The second kappa shape index (κ2) is 6.35. The second-order valence-electron chi connectivity index (χ2n) is 5.64. The van der Waals surface area contributed by atoms with E-state index < -0.39 is 0 Å². The number of nitrogens with two attached hydrogens (primary N) is 1. The Hall–Kier alpha value is -1.75. The third-order valence-electron chi connectivity index (χ3n) is 4.05. The highest BCUT2D eigenvalue weighted by molar-refractivity contribution is 5.82. The van der Waals surface area contributed by atoms with E-state index in [1.165, 1.54) is 5.56 Å². The van der Waals surface area contributed by atoms with Gasteiger partial charge in [-0.25, -0.2) is 0 Å². The topological polar surface area (TPSA) is 73.6 Å². The van der Waals surface area contributed by atoms with Crippen molar-refractivity contribution in [1.82, 2.24) is 5.32 Å². The fourth-order valence-corrected chi connectivity index (χ4v) is 2.76. The summed E-state index contributed by atoms with van der Waals surface area (Å²) in [4.78, 5) is 12.0. The van der Waals surface area contributed by atoms with Crippen LogP contribution in [0.2, 0.25) is 0 Å². The molecule has 0 bridgehead atoms. The van der Waals surface area contributed by atoms with E-state index in [1.807, 2.05) is 18.2 Å². The summed E-state index contributed by atoms with van der Waals surface area (Å²) >= 11 is 0. The Labute approximate surface area is 124 Å². The number of carbonyl (C=O) groups excluding carboxylic acids is 1. The van der Waals surface area contributed by atoms with E-state index in [4.69, 9.17) is 15.2 Å². The van der Waals surface area contributed by atoms with E-state index in [-0.39, 0.29) is 11.8 Å². The molecule has 1 amide bonds. The van der Waals surface area contributed by atoms with Gasteiger partial charge in [0.2, 0.25) is 5.91 Å². The summed E-state index contributed by atoms with van der Waals surface area (Å²) in [6.45, 7) is 2.59. The zero-order valence-electron chi connectivity index (χ0n) is 12.1. The van der Waals surface area contributed by atoms with Crippen molar-refractivity contribution in [2.75, 3.05) is 26.3 Å². The number of benzene rings is 1. The molecule has 1 aliphatic carbocycles. The van der Waals surface area contributed by atoms with Crippen LogP contribution >= 0.6 is 0 Å². The van der Waals surface area contributed by atoms with Crippen LogP contribution in [0.15, 0.2) is 18.2 Å². The van der Waals surface area contributed by atoms with Crippen LogP contribution in [-0.2, 0) is 4.79 Å². The predicted octanol–water partition coefficient (Wildman–Crippen LogP) is 1.42. The van der Waals surface area contributed by atoms with Gasteiger partial charge in [0.05, 0.1) is 0 Å². The molecule has 21 heavy (non-hydrogen) atoms. The Morgan fingerprint density at radius 1 is 1.24 bits per heavy atom. The normalized spacial score (nSPS) is 22.7. The second-order valence-corrected chi connectivity index (χ2v) is 5.64. The van der Waals surface area contributed by atoms with E-state index in [9.17, 15) is 4.79 Å². The number of ether oxygens (including phenoxy) is 2. The first-order valence-corrected chi connectivity index (χ1v) is 7.67. The Morgan fingerprint density at radius 2 is 2.05 bits per heavy atom. The van der Waals surface area contributed by atoms with E-state index in [2.05, 4.69) is 5.32 Å². The third-order valence-corrected chi connectivity index (χ3v) is 4.05. The number of nitrogens with one attached hydrogen (secondary N) is 1. The lowest BCUT2D eigenvalue weighted by Gasteiger charge is -2.18. The summed E-state index contributed by atoms with van der Waals surface area (Å²) in [7, 11) is 0. The molecule has 1 aromatic carbocycles. The van der Waals surface area contributed by atoms with Gasteiger partial charge < -0.3 is 20.5 Å². The Bertz CT molecular complexity index is 518. The third kappa shape index (κ3) is 3.29. The van der Waals surface area contributed by atoms with Gasteiger partial charge in [0, 0.05) is 12.5 Å². The van der Waals surface area contributed by atoms with Crippen LogP contribution in [0, 0.1) is 5.92 Å². The average molecular weight is 290 g/mol. The highest BCUT2D eigenvalue weighted by Crippen LogP contribution is 2.49. The summed E-state index contributed by atoms with van der Waals surface area (Å²) in [5, 5.41) is 2.99. The molecule has 0 radical (unpaired) electrons. The number of unbranched alkanes of at least 4 members (excludes halogenated alkanes) is 1. The molecular weight excluding hydrogens is 268 g/mol. The molecule has 1 heterocycles. The van der Waals surface area contributed by atoms with Gasteiger partial charge in [-0.2, -0.15) is 0 Å². The molecular formula is C16H22N2O3. The van der Waals surface area contributed by atoms with Gasteiger partial charge in [0.1, 0.15) is 13.2 Å². The summed E-state index contributed by atoms with van der Waals surface area (Å²) in [5.74, 6) is 2.17. The van der Waals surface area contributed by atoms with E-state index in [0.717, 1.165) is 37.3 Å². The summed E-state index contributed by atoms with van der Waals surface area (Å²) in [6, 6.07) is 6.00. The Balaban J connectivity index is 1.54. The van der Waals surface area contributed by atoms with Crippen molar-refractivity contribution in [3.05, 3.63) is 23.8 Å². The van der Waals surface area contributed by atoms with Crippen molar-refractivity contribution in [3.63, 3.8) is 0 Å². The van der Waals surface area contributed by atoms with Crippen molar-refractivity contribution in [1.29, 1.82) is 0 Å². The van der Waals surface area contributed by atoms with Crippen LogP contribution in [0.1, 0.15) is 30.7 Å². The van der Waals surface area contributed by atoms with Crippen molar-refractivity contribution >= 4 is 5.91 Å². The number of rotatable bonds is 6. The standard InChI is InChI=1S/C16H22N2O3/c17-5-1-2-6-18-16(19)13-10-12(13)11-3-4-14-15(9-11)21-8-7-20-14/h3-4,9,12-13H,1-2,5-8,10,17H2,(H,18,19). The maximum atomic E-state index is 12.0. The van der Waals surface area contributed by atoms with Crippen LogP contribution < -0.4 is 20.5 Å². The molecule has 114 valence electrons. The molecule has 2 aliphatic rings. The first-order chi connectivity index (χ1) is 10.3. The number of fused-ring (bicyclic) bond motifs is 1. The molecule has 0 saturated heterocycles. The first-order valence-electron chi connectivity index (χ1n) is 7.67. The average Bonchev–Trinajstić information content (AvgIpc) is 3.31. The van der Waals surface area contributed by atoms with Gasteiger partial charge in [0.15, 0.2) is 11.5 Å². The number of amides is 1. The van der Waals surface area contributed by atoms with Gasteiger partial charge in [0.25, 0.3) is 0 Å². The summed E-state index contributed by atoms with van der Waals surface area (Å²) < 4.78 is 11.1. The van der Waals surface area contributed by atoms with Crippen LogP contribution in [0.25, 0.3) is 0 Å². The molecule has 3 N–H and O–H groups in total. The molecule has 3 rings (SSSR count). The first kappa shape index (κ1) is 14.2. The minimum Gasteiger partial charge on any atom is -0.486 e. The lowest BCUT2D eigenvalue weighted by Crippen LogP contribution is -2.26. The Kier molecular flexibility index (Phi) is 4.29. The SMILES string of the molecule is NCCCCNC(=O)C1CC1c1ccc2c(c1)OCCO2. The fourth-order valence-electron chi connectivity index (χ4n) is 2.76. The lowest BCUT2D eigenvalue weighted by molar-refractivity contribution is -0.122. The maximum Gasteiger partial charge on any atom is 0.223 e. The largest absolute Gasteiger partial charge is 0.486 e. The zero-order chi connectivity index (χ0) is 14.7. The fraction of sp³-hybridized carbons (Fsp3) is 0.562. The summed E-state index contributed by atoms with van der Waals surface area (Å²) in [5.41, 5.74) is 6.60. The van der Waals surface area contributed by atoms with E-state index >= 15 is 0 Å². The molecule has 5 nitrogen and oxygen atoms in total. The monoisotopic (exact) mass is 290 g/mol. The maximum absolute atomic E-state index is 12.0. The van der Waals surface area contributed by atoms with E-state index in [1.54, 1.807) is 0 Å². The zero-order valence-corrected chi connectivity index (χ0v) is 12.1. The highest BCUT2D eigenvalue weighted by atomic mass is 16.6. The molecule has 1 aliphatic heterocycles. The van der Waals surface area contributed by atoms with Crippen molar-refractivity contribution in [2.45, 2.75) is 25.2 Å². The lowest BCUT2D eigenvalue weighted by atomic mass is 10.1. The van der Waals surface area contributed by atoms with Gasteiger partial charge >= 0.3 is 0 Å². The smallest absolute Gasteiger partial charge is 0.223 e. The summed E-state index contributed by atoms with van der Waals surface area (Å²) in [6.07, 6.45) is 2.82. The minimum atomic E-state index is 0.102. The number of hydrogen-bond acceptors (Lipinski definition) is 4. The van der Waals surface area contributed by atoms with Crippen LogP contribution in [0.5, 0.6) is 11.5 Å². The predicted molar refractivity (Wildman–Crippen MR) is 79.6 cm³/mol. The van der Waals surface area contributed by atoms with Crippen LogP contribution in [-0.4, -0.2) is 32.2 Å². The molecule has 1 fully saturated rings. The quantitative estimate of drug-likeness (QED) is 0.777. The van der Waals surface area contributed by atoms with Gasteiger partial charge in [-0.15, -0.1) is 0 Å². The van der Waals surface area contributed by atoms with Crippen molar-refractivity contribution in [3.8, 4) is 11.5 Å². The Morgan fingerprint density at radius 3 is 2.86 bits per heavy atom. The minimum absolute atomic E-state index is 0.102. The van der Waals surface area contributed by atoms with Crippen LogP contribution in [0.3, 0.4) is 0 Å².